The van der Waals surface area contributed by atoms with Crippen LogP contribution in [0, 0.1) is 0 Å². The predicted molar refractivity (Wildman–Crippen MR) is 171 cm³/mol. The Hall–Kier alpha value is -4.92. The molecule has 0 bridgehead atoms. The number of rotatable bonds is 2. The van der Waals surface area contributed by atoms with Gasteiger partial charge in [0.2, 0.25) is 0 Å². The maximum absolute atomic E-state index is 6.29. The molecular weight excluding hydrogens is 504 g/mol. The van der Waals surface area contributed by atoms with E-state index in [4.69, 9.17) is 4.74 Å². The summed E-state index contributed by atoms with van der Waals surface area (Å²) >= 11 is 1.89. The fraction of sp³-hybridized carbons (Fsp3) is 0. The minimum Gasteiger partial charge on any atom is -0.456 e. The summed E-state index contributed by atoms with van der Waals surface area (Å²) in [5.74, 6) is 1.84. The number of ether oxygens (including phenoxy) is 1. The summed E-state index contributed by atoms with van der Waals surface area (Å²) in [7, 11) is 0. The van der Waals surface area contributed by atoms with Crippen LogP contribution < -0.4 is 4.74 Å². The summed E-state index contributed by atoms with van der Waals surface area (Å²) in [6.07, 6.45) is 0. The zero-order valence-electron chi connectivity index (χ0n) is 21.5. The van der Waals surface area contributed by atoms with E-state index in [0.717, 1.165) is 17.1 Å². The van der Waals surface area contributed by atoms with Crippen LogP contribution in [-0.4, -0.2) is 0 Å². The summed E-state index contributed by atoms with van der Waals surface area (Å²) in [5.41, 5.74) is 7.42. The molecule has 0 fully saturated rings. The van der Waals surface area contributed by atoms with Gasteiger partial charge in [0, 0.05) is 36.7 Å². The number of hydrogen-bond donors (Lipinski definition) is 0. The van der Waals surface area contributed by atoms with E-state index in [9.17, 15) is 0 Å². The molecule has 0 radical (unpaired) electrons. The first-order valence-electron chi connectivity index (χ1n) is 13.6. The Labute approximate surface area is 235 Å². The van der Waals surface area contributed by atoms with Crippen LogP contribution in [-0.2, 0) is 0 Å². The van der Waals surface area contributed by atoms with E-state index in [2.05, 4.69) is 127 Å². The Morgan fingerprint density at radius 2 is 1.10 bits per heavy atom. The Kier molecular flexibility index (Phi) is 4.55. The second-order valence-electron chi connectivity index (χ2n) is 10.5. The van der Waals surface area contributed by atoms with E-state index in [1.165, 1.54) is 69.5 Å². The van der Waals surface area contributed by atoms with Gasteiger partial charge in [-0.25, -0.2) is 0 Å². The van der Waals surface area contributed by atoms with E-state index in [0.29, 0.717) is 0 Å². The molecule has 1 aliphatic rings. The molecule has 0 unspecified atom stereocenters. The topological polar surface area (TPSA) is 9.23 Å². The molecule has 2 heteroatoms. The highest BCUT2D eigenvalue weighted by molar-refractivity contribution is 7.26. The molecule has 0 spiro atoms. The summed E-state index contributed by atoms with van der Waals surface area (Å²) < 4.78 is 8.97. The smallest absolute Gasteiger partial charge is 0.135 e. The van der Waals surface area contributed by atoms with Gasteiger partial charge in [0.1, 0.15) is 11.5 Å². The molecule has 40 heavy (non-hydrogen) atoms. The van der Waals surface area contributed by atoms with Gasteiger partial charge in [-0.15, -0.1) is 11.3 Å². The second kappa shape index (κ2) is 8.29. The first-order chi connectivity index (χ1) is 19.8. The highest BCUT2D eigenvalue weighted by Crippen LogP contribution is 2.49. The molecule has 0 N–H and O–H groups in total. The third-order valence-corrected chi connectivity index (χ3v) is 9.49. The molecule has 0 saturated carbocycles. The zero-order chi connectivity index (χ0) is 26.2. The fourth-order valence-corrected chi connectivity index (χ4v) is 7.72. The van der Waals surface area contributed by atoms with Crippen LogP contribution in [0.1, 0.15) is 0 Å². The van der Waals surface area contributed by atoms with Gasteiger partial charge in [-0.05, 0) is 68.7 Å². The number of fused-ring (bicyclic) bond motifs is 6. The molecule has 186 valence electrons. The maximum atomic E-state index is 6.29. The summed E-state index contributed by atoms with van der Waals surface area (Å²) in [6.45, 7) is 0. The van der Waals surface area contributed by atoms with Gasteiger partial charge in [0.25, 0.3) is 0 Å². The van der Waals surface area contributed by atoms with Crippen LogP contribution in [0.15, 0.2) is 133 Å². The van der Waals surface area contributed by atoms with Gasteiger partial charge in [-0.3, -0.25) is 0 Å². The molecule has 8 aromatic rings. The predicted octanol–water partition coefficient (Wildman–Crippen LogP) is 11.5. The molecular formula is C38H22OS. The van der Waals surface area contributed by atoms with Gasteiger partial charge in [0.15, 0.2) is 0 Å². The van der Waals surface area contributed by atoms with Crippen molar-refractivity contribution in [2.24, 2.45) is 0 Å². The Morgan fingerprint density at radius 3 is 2.02 bits per heavy atom. The molecule has 0 atom stereocenters. The normalized spacial score (nSPS) is 12.2. The fourth-order valence-electron chi connectivity index (χ4n) is 6.49. The second-order valence-corrected chi connectivity index (χ2v) is 11.5. The van der Waals surface area contributed by atoms with E-state index < -0.39 is 0 Å². The van der Waals surface area contributed by atoms with Crippen molar-refractivity contribution in [2.75, 3.05) is 0 Å². The first-order valence-corrected chi connectivity index (χ1v) is 14.4. The minimum absolute atomic E-state index is 0.913. The molecule has 0 aliphatic carbocycles. The van der Waals surface area contributed by atoms with Gasteiger partial charge < -0.3 is 4.74 Å². The van der Waals surface area contributed by atoms with Gasteiger partial charge in [-0.2, -0.15) is 0 Å². The largest absolute Gasteiger partial charge is 0.456 e. The quantitative estimate of drug-likeness (QED) is 0.218. The van der Waals surface area contributed by atoms with Crippen LogP contribution in [0.5, 0.6) is 11.5 Å². The van der Waals surface area contributed by atoms with Gasteiger partial charge in [-0.1, -0.05) is 103 Å². The highest BCUT2D eigenvalue weighted by Gasteiger charge is 2.21. The first kappa shape index (κ1) is 22.0. The molecule has 1 nitrogen and oxygen atoms in total. The molecule has 0 amide bonds. The van der Waals surface area contributed by atoms with Crippen molar-refractivity contribution in [1.82, 2.24) is 0 Å². The van der Waals surface area contributed by atoms with Crippen LogP contribution >= 0.6 is 11.3 Å². The molecule has 7 aromatic carbocycles. The van der Waals surface area contributed by atoms with Crippen LogP contribution in [0.3, 0.4) is 0 Å². The van der Waals surface area contributed by atoms with Crippen molar-refractivity contribution in [2.45, 2.75) is 0 Å². The third kappa shape index (κ3) is 3.08. The zero-order valence-corrected chi connectivity index (χ0v) is 22.3. The lowest BCUT2D eigenvalue weighted by molar-refractivity contribution is 0.487. The summed E-state index contributed by atoms with van der Waals surface area (Å²) in [6, 6.07) is 48.3. The number of para-hydroxylation sites is 1. The lowest BCUT2D eigenvalue weighted by Gasteiger charge is -2.22. The van der Waals surface area contributed by atoms with Gasteiger partial charge in [0.05, 0.1) is 0 Å². The standard InChI is InChI=1S/C38H22OS/c1-2-11-27-26(10-1)25(19-20-28(27)31-14-8-15-32-30-13-4-6-18-36(30)40-38(31)32)24-21-23-9-7-17-35-37(23)33(22-24)29-12-3-5-16-34(29)39-35/h1-22H. The third-order valence-electron chi connectivity index (χ3n) is 8.27. The highest BCUT2D eigenvalue weighted by atomic mass is 32.1. The van der Waals surface area contributed by atoms with E-state index >= 15 is 0 Å². The molecule has 1 aliphatic heterocycles. The van der Waals surface area contributed by atoms with Crippen LogP contribution in [0.4, 0.5) is 0 Å². The van der Waals surface area contributed by atoms with E-state index in [1.807, 2.05) is 17.4 Å². The van der Waals surface area contributed by atoms with E-state index in [1.54, 1.807) is 0 Å². The average molecular weight is 527 g/mol. The number of benzene rings is 7. The van der Waals surface area contributed by atoms with Crippen molar-refractivity contribution in [3.63, 3.8) is 0 Å². The molecule has 1 aromatic heterocycles. The number of hydrogen-bond acceptors (Lipinski definition) is 2. The molecule has 9 rings (SSSR count). The summed E-state index contributed by atoms with van der Waals surface area (Å²) in [5, 5.41) is 7.58. The van der Waals surface area contributed by atoms with Crippen molar-refractivity contribution in [3.8, 4) is 44.9 Å². The lowest BCUT2D eigenvalue weighted by atomic mass is 9.87. The monoisotopic (exact) mass is 526 g/mol. The Morgan fingerprint density at radius 1 is 0.425 bits per heavy atom. The number of thiophene rings is 1. The van der Waals surface area contributed by atoms with Crippen LogP contribution in [0.2, 0.25) is 0 Å². The van der Waals surface area contributed by atoms with Crippen LogP contribution in [0.25, 0.3) is 75.1 Å². The maximum Gasteiger partial charge on any atom is 0.135 e. The van der Waals surface area contributed by atoms with Crippen molar-refractivity contribution >= 4 is 53.1 Å². The SMILES string of the molecule is c1ccc2c(c1)Oc1cccc3cc(-c4ccc(-c5cccc6c5sc5ccccc56)c5ccccc45)cc-2c13. The van der Waals surface area contributed by atoms with E-state index in [-0.39, 0.29) is 0 Å². The molecule has 0 saturated heterocycles. The van der Waals surface area contributed by atoms with Crippen molar-refractivity contribution in [1.29, 1.82) is 0 Å². The minimum atomic E-state index is 0.913. The lowest BCUT2D eigenvalue weighted by Crippen LogP contribution is -1.97. The van der Waals surface area contributed by atoms with Crippen molar-refractivity contribution in [3.05, 3.63) is 133 Å². The summed E-state index contributed by atoms with van der Waals surface area (Å²) in [4.78, 5) is 0. The Balaban J connectivity index is 1.31. The Bertz CT molecular complexity index is 2310. The van der Waals surface area contributed by atoms with Gasteiger partial charge >= 0.3 is 0 Å². The average Bonchev–Trinajstić information content (AvgIpc) is 3.40. The molecule has 2 heterocycles. The van der Waals surface area contributed by atoms with Crippen molar-refractivity contribution < 1.29 is 4.74 Å².